The molecule has 144 valence electrons. The Morgan fingerprint density at radius 1 is 1.04 bits per heavy atom. The van der Waals surface area contributed by atoms with Gasteiger partial charge in [0.2, 0.25) is 5.91 Å². The van der Waals surface area contributed by atoms with Crippen molar-refractivity contribution in [2.24, 2.45) is 0 Å². The summed E-state index contributed by atoms with van der Waals surface area (Å²) >= 11 is 0. The van der Waals surface area contributed by atoms with E-state index in [2.05, 4.69) is 4.72 Å². The first-order chi connectivity index (χ1) is 12.9. The summed E-state index contributed by atoms with van der Waals surface area (Å²) in [6, 6.07) is 9.93. The Labute approximate surface area is 158 Å². The summed E-state index contributed by atoms with van der Waals surface area (Å²) in [6.07, 6.45) is 1.22. The van der Waals surface area contributed by atoms with Crippen molar-refractivity contribution in [2.45, 2.75) is 24.7 Å². The molecule has 1 fully saturated rings. The second kappa shape index (κ2) is 7.48. The second-order valence-electron chi connectivity index (χ2n) is 6.29. The van der Waals surface area contributed by atoms with Crippen LogP contribution in [0.25, 0.3) is 0 Å². The van der Waals surface area contributed by atoms with Gasteiger partial charge in [-0.15, -0.1) is 0 Å². The zero-order chi connectivity index (χ0) is 19.6. The highest BCUT2D eigenvalue weighted by molar-refractivity contribution is 7.92. The fourth-order valence-corrected chi connectivity index (χ4v) is 4.32. The lowest BCUT2D eigenvalue weighted by Gasteiger charge is -2.19. The van der Waals surface area contributed by atoms with Crippen LogP contribution in [0.2, 0.25) is 0 Å². The van der Waals surface area contributed by atoms with E-state index in [-0.39, 0.29) is 16.6 Å². The van der Waals surface area contributed by atoms with Crippen molar-refractivity contribution < 1.29 is 22.7 Å². The number of methoxy groups -OCH3 is 2. The first-order valence-corrected chi connectivity index (χ1v) is 10.00. The molecule has 0 saturated carbocycles. The zero-order valence-electron chi connectivity index (χ0n) is 15.5. The number of carbonyl (C=O) groups excluding carboxylic acids is 1. The normalized spacial score (nSPS) is 14.3. The van der Waals surface area contributed by atoms with Crippen LogP contribution < -0.4 is 19.1 Å². The fraction of sp³-hybridized carbons (Fsp3) is 0.316. The van der Waals surface area contributed by atoms with Crippen molar-refractivity contribution in [2.75, 3.05) is 30.4 Å². The second-order valence-corrected chi connectivity index (χ2v) is 7.94. The lowest BCUT2D eigenvalue weighted by molar-refractivity contribution is -0.117. The maximum atomic E-state index is 13.1. The molecular weight excluding hydrogens is 368 g/mol. The van der Waals surface area contributed by atoms with Gasteiger partial charge in [0, 0.05) is 18.7 Å². The molecule has 0 atom stereocenters. The van der Waals surface area contributed by atoms with Crippen LogP contribution in [-0.4, -0.2) is 35.1 Å². The Kier molecular flexibility index (Phi) is 5.27. The van der Waals surface area contributed by atoms with Crippen molar-refractivity contribution in [3.05, 3.63) is 42.0 Å². The first-order valence-electron chi connectivity index (χ1n) is 8.51. The summed E-state index contributed by atoms with van der Waals surface area (Å²) in [5, 5.41) is 0. The molecule has 1 N–H and O–H groups in total. The third-order valence-electron chi connectivity index (χ3n) is 4.42. The third-order valence-corrected chi connectivity index (χ3v) is 5.81. The van der Waals surface area contributed by atoms with Crippen LogP contribution in [0.15, 0.2) is 41.3 Å². The number of carbonyl (C=O) groups is 1. The highest BCUT2D eigenvalue weighted by atomic mass is 32.2. The van der Waals surface area contributed by atoms with Crippen LogP contribution >= 0.6 is 0 Å². The molecule has 1 saturated heterocycles. The van der Waals surface area contributed by atoms with Gasteiger partial charge in [-0.3, -0.25) is 9.52 Å². The van der Waals surface area contributed by atoms with E-state index in [1.807, 2.05) is 13.0 Å². The van der Waals surface area contributed by atoms with Gasteiger partial charge < -0.3 is 14.4 Å². The summed E-state index contributed by atoms with van der Waals surface area (Å²) in [6.45, 7) is 2.43. The number of benzene rings is 2. The van der Waals surface area contributed by atoms with Gasteiger partial charge in [-0.1, -0.05) is 6.07 Å². The summed E-state index contributed by atoms with van der Waals surface area (Å²) in [7, 11) is -1.09. The van der Waals surface area contributed by atoms with Crippen LogP contribution in [0.5, 0.6) is 11.5 Å². The van der Waals surface area contributed by atoms with E-state index in [1.54, 1.807) is 29.2 Å². The molecule has 0 bridgehead atoms. The van der Waals surface area contributed by atoms with Gasteiger partial charge in [-0.2, -0.15) is 0 Å². The minimum atomic E-state index is -3.97. The summed E-state index contributed by atoms with van der Waals surface area (Å²) in [5.41, 5.74) is 1.76. The average molecular weight is 390 g/mol. The quantitative estimate of drug-likeness (QED) is 0.820. The highest BCUT2D eigenvalue weighted by Gasteiger charge is 2.26. The van der Waals surface area contributed by atoms with Crippen LogP contribution in [-0.2, 0) is 14.8 Å². The largest absolute Gasteiger partial charge is 0.495 e. The Hall–Kier alpha value is -2.74. The van der Waals surface area contributed by atoms with Gasteiger partial charge in [0.25, 0.3) is 10.0 Å². The maximum Gasteiger partial charge on any atom is 0.265 e. The number of sulfonamides is 1. The number of aryl methyl sites for hydroxylation is 1. The Bertz CT molecular complexity index is 972. The summed E-state index contributed by atoms with van der Waals surface area (Å²) in [4.78, 5) is 13.6. The summed E-state index contributed by atoms with van der Waals surface area (Å²) < 4.78 is 39.2. The van der Waals surface area contributed by atoms with Crippen molar-refractivity contribution in [1.29, 1.82) is 0 Å². The number of amides is 1. The predicted molar refractivity (Wildman–Crippen MR) is 103 cm³/mol. The topological polar surface area (TPSA) is 84.9 Å². The lowest BCUT2D eigenvalue weighted by atomic mass is 10.2. The molecule has 8 heteroatoms. The summed E-state index contributed by atoms with van der Waals surface area (Å²) in [5.74, 6) is 0.593. The van der Waals surface area contributed by atoms with Crippen LogP contribution in [0.1, 0.15) is 18.4 Å². The third kappa shape index (κ3) is 3.85. The van der Waals surface area contributed by atoms with Crippen molar-refractivity contribution >= 4 is 27.3 Å². The monoisotopic (exact) mass is 390 g/mol. The Morgan fingerprint density at radius 2 is 1.74 bits per heavy atom. The molecule has 1 heterocycles. The molecule has 0 aromatic heterocycles. The molecule has 0 unspecified atom stereocenters. The SMILES string of the molecule is COc1ccc(C)cc1NS(=O)(=O)c1cc(N2CCCC2=O)ccc1OC. The molecular formula is C19H22N2O5S. The molecule has 0 aliphatic carbocycles. The molecule has 27 heavy (non-hydrogen) atoms. The fourth-order valence-electron chi connectivity index (χ4n) is 3.07. The number of hydrogen-bond acceptors (Lipinski definition) is 5. The van der Waals surface area contributed by atoms with Gasteiger partial charge in [-0.25, -0.2) is 8.42 Å². The number of anilines is 2. The van der Waals surface area contributed by atoms with E-state index in [0.29, 0.717) is 30.1 Å². The van der Waals surface area contributed by atoms with E-state index in [9.17, 15) is 13.2 Å². The molecule has 2 aromatic carbocycles. The molecule has 0 radical (unpaired) electrons. The number of rotatable bonds is 6. The number of ether oxygens (including phenoxy) is 2. The molecule has 0 spiro atoms. The van der Waals surface area contributed by atoms with Crippen molar-refractivity contribution in [3.63, 3.8) is 0 Å². The van der Waals surface area contributed by atoms with E-state index in [0.717, 1.165) is 12.0 Å². The van der Waals surface area contributed by atoms with E-state index >= 15 is 0 Å². The van der Waals surface area contributed by atoms with Crippen LogP contribution in [0.3, 0.4) is 0 Å². The minimum absolute atomic E-state index is 0.0168. The number of nitrogens with one attached hydrogen (secondary N) is 1. The Morgan fingerprint density at radius 3 is 2.37 bits per heavy atom. The standard InChI is InChI=1S/C19H22N2O5S/c1-13-6-8-16(25-2)15(11-13)20-27(23,24)18-12-14(7-9-17(18)26-3)21-10-4-5-19(21)22/h6-9,11-12,20H,4-5,10H2,1-3H3. The van der Waals surface area contributed by atoms with Gasteiger partial charge in [0.15, 0.2) is 0 Å². The predicted octanol–water partition coefficient (Wildman–Crippen LogP) is 2.94. The van der Waals surface area contributed by atoms with Gasteiger partial charge >= 0.3 is 0 Å². The van der Waals surface area contributed by atoms with Crippen LogP contribution in [0, 0.1) is 6.92 Å². The van der Waals surface area contributed by atoms with Gasteiger partial charge in [0.1, 0.15) is 16.4 Å². The maximum absolute atomic E-state index is 13.1. The molecule has 1 aliphatic heterocycles. The molecule has 7 nitrogen and oxygen atoms in total. The van der Waals surface area contributed by atoms with Gasteiger partial charge in [-0.05, 0) is 49.2 Å². The first kappa shape index (κ1) is 19.0. The van der Waals surface area contributed by atoms with Crippen molar-refractivity contribution in [1.82, 2.24) is 0 Å². The smallest absolute Gasteiger partial charge is 0.265 e. The molecule has 1 amide bonds. The van der Waals surface area contributed by atoms with Crippen LogP contribution in [0.4, 0.5) is 11.4 Å². The molecule has 2 aromatic rings. The average Bonchev–Trinajstić information content (AvgIpc) is 3.07. The molecule has 1 aliphatic rings. The van der Waals surface area contributed by atoms with E-state index in [1.165, 1.54) is 20.3 Å². The van der Waals surface area contributed by atoms with E-state index < -0.39 is 10.0 Å². The van der Waals surface area contributed by atoms with Gasteiger partial charge in [0.05, 0.1) is 19.9 Å². The number of nitrogens with zero attached hydrogens (tertiary/aromatic N) is 1. The highest BCUT2D eigenvalue weighted by Crippen LogP contribution is 2.34. The number of hydrogen-bond donors (Lipinski definition) is 1. The molecule has 3 rings (SSSR count). The van der Waals surface area contributed by atoms with Crippen molar-refractivity contribution in [3.8, 4) is 11.5 Å². The Balaban J connectivity index is 2.03. The van der Waals surface area contributed by atoms with E-state index in [4.69, 9.17) is 9.47 Å². The zero-order valence-corrected chi connectivity index (χ0v) is 16.3. The lowest BCUT2D eigenvalue weighted by Crippen LogP contribution is -2.24. The minimum Gasteiger partial charge on any atom is -0.495 e.